The van der Waals surface area contributed by atoms with Crippen LogP contribution < -0.4 is 5.76 Å². The van der Waals surface area contributed by atoms with Gasteiger partial charge in [-0.3, -0.25) is 14.2 Å². The molecule has 0 N–H and O–H groups in total. The third-order valence-electron chi connectivity index (χ3n) is 3.72. The van der Waals surface area contributed by atoms with Crippen molar-refractivity contribution in [2.75, 3.05) is 6.61 Å². The smallest absolute Gasteiger partial charge is 0.419 e. The summed E-state index contributed by atoms with van der Waals surface area (Å²) in [6, 6.07) is 9.42. The number of carbonyl (C=O) groups is 2. The number of ketones is 1. The fraction of sp³-hybridized carbons (Fsp3) is 0.167. The Morgan fingerprint density at radius 1 is 1.08 bits per heavy atom. The van der Waals surface area contributed by atoms with Crippen LogP contribution in [0, 0.1) is 11.6 Å². The number of Topliss-reactive ketones (excluding diaryl/α,β-unsaturated/α-hetero) is 1. The van der Waals surface area contributed by atoms with Gasteiger partial charge in [0.2, 0.25) is 0 Å². The zero-order valence-corrected chi connectivity index (χ0v) is 13.4. The molecule has 0 saturated heterocycles. The number of oxazole rings is 1. The highest BCUT2D eigenvalue weighted by atomic mass is 19.2. The van der Waals surface area contributed by atoms with E-state index in [9.17, 15) is 23.2 Å². The minimum atomic E-state index is -1.16. The van der Waals surface area contributed by atoms with E-state index in [0.717, 1.165) is 18.2 Å². The Hall–Kier alpha value is -3.29. The molecule has 0 aliphatic rings. The van der Waals surface area contributed by atoms with E-state index in [1.54, 1.807) is 24.3 Å². The molecule has 0 unspecified atom stereocenters. The monoisotopic (exact) mass is 361 g/mol. The van der Waals surface area contributed by atoms with Crippen LogP contribution in [-0.2, 0) is 16.1 Å². The van der Waals surface area contributed by atoms with E-state index in [-0.39, 0.29) is 18.5 Å². The van der Waals surface area contributed by atoms with Crippen LogP contribution in [-0.4, -0.2) is 22.9 Å². The topological polar surface area (TPSA) is 78.5 Å². The normalized spacial score (nSPS) is 10.8. The molecule has 26 heavy (non-hydrogen) atoms. The van der Waals surface area contributed by atoms with Gasteiger partial charge in [0.25, 0.3) is 0 Å². The number of fused-ring (bicyclic) bond motifs is 1. The quantitative estimate of drug-likeness (QED) is 0.498. The van der Waals surface area contributed by atoms with Gasteiger partial charge in [-0.15, -0.1) is 0 Å². The van der Waals surface area contributed by atoms with Gasteiger partial charge in [0.1, 0.15) is 0 Å². The number of carbonyl (C=O) groups excluding carboxylic acids is 2. The summed E-state index contributed by atoms with van der Waals surface area (Å²) < 4.78 is 37.1. The van der Waals surface area contributed by atoms with Gasteiger partial charge >= 0.3 is 11.7 Å². The van der Waals surface area contributed by atoms with E-state index >= 15 is 0 Å². The minimum Gasteiger partial charge on any atom is -0.457 e. The molecular formula is C18H13F2NO5. The maximum absolute atomic E-state index is 13.1. The molecule has 0 aliphatic heterocycles. The lowest BCUT2D eigenvalue weighted by molar-refractivity contribution is -0.142. The van der Waals surface area contributed by atoms with E-state index in [1.807, 2.05) is 0 Å². The maximum atomic E-state index is 13.1. The van der Waals surface area contributed by atoms with Crippen molar-refractivity contribution in [2.45, 2.75) is 13.0 Å². The lowest BCUT2D eigenvalue weighted by Crippen LogP contribution is -2.19. The van der Waals surface area contributed by atoms with Gasteiger partial charge in [-0.05, 0) is 30.3 Å². The fourth-order valence-corrected chi connectivity index (χ4v) is 2.40. The third kappa shape index (κ3) is 3.69. The summed E-state index contributed by atoms with van der Waals surface area (Å²) in [4.78, 5) is 35.4. The number of esters is 1. The average Bonchev–Trinajstić information content (AvgIpc) is 2.95. The van der Waals surface area contributed by atoms with Crippen molar-refractivity contribution in [3.63, 3.8) is 0 Å². The summed E-state index contributed by atoms with van der Waals surface area (Å²) >= 11 is 0. The molecule has 8 heteroatoms. The van der Waals surface area contributed by atoms with Gasteiger partial charge < -0.3 is 9.15 Å². The Balaban J connectivity index is 1.57. The molecule has 0 atom stereocenters. The Bertz CT molecular complexity index is 1040. The number of aryl methyl sites for hydroxylation is 1. The number of rotatable bonds is 6. The lowest BCUT2D eigenvalue weighted by Gasteiger charge is -2.05. The first-order chi connectivity index (χ1) is 12.5. The van der Waals surface area contributed by atoms with Crippen LogP contribution in [0.2, 0.25) is 0 Å². The number of halogens is 2. The zero-order chi connectivity index (χ0) is 18.7. The highest BCUT2D eigenvalue weighted by Crippen LogP contribution is 2.12. The van der Waals surface area contributed by atoms with Crippen LogP contribution in [0.3, 0.4) is 0 Å². The lowest BCUT2D eigenvalue weighted by atomic mass is 10.1. The van der Waals surface area contributed by atoms with Crippen molar-refractivity contribution in [3.05, 3.63) is 70.2 Å². The average molecular weight is 361 g/mol. The maximum Gasteiger partial charge on any atom is 0.419 e. The van der Waals surface area contributed by atoms with Crippen molar-refractivity contribution in [1.82, 2.24) is 4.57 Å². The Kier molecular flexibility index (Phi) is 4.92. The summed E-state index contributed by atoms with van der Waals surface area (Å²) in [5.74, 6) is -4.21. The molecular weight excluding hydrogens is 348 g/mol. The van der Waals surface area contributed by atoms with Crippen LogP contribution in [0.1, 0.15) is 16.8 Å². The molecule has 0 bridgehead atoms. The molecule has 2 aromatic carbocycles. The fourth-order valence-electron chi connectivity index (χ4n) is 2.40. The Morgan fingerprint density at radius 3 is 2.62 bits per heavy atom. The van der Waals surface area contributed by atoms with Crippen molar-refractivity contribution in [3.8, 4) is 0 Å². The van der Waals surface area contributed by atoms with Crippen molar-refractivity contribution in [1.29, 1.82) is 0 Å². The van der Waals surface area contributed by atoms with Gasteiger partial charge in [0, 0.05) is 12.1 Å². The molecule has 6 nitrogen and oxygen atoms in total. The summed E-state index contributed by atoms with van der Waals surface area (Å²) in [6.45, 7) is -0.584. The molecule has 0 radical (unpaired) electrons. The van der Waals surface area contributed by atoms with Crippen LogP contribution >= 0.6 is 0 Å². The number of hydrogen-bond donors (Lipinski definition) is 0. The highest BCUT2D eigenvalue weighted by molar-refractivity contribution is 5.97. The van der Waals surface area contributed by atoms with E-state index in [1.165, 1.54) is 4.57 Å². The minimum absolute atomic E-state index is 0.0219. The summed E-state index contributed by atoms with van der Waals surface area (Å²) in [7, 11) is 0. The summed E-state index contributed by atoms with van der Waals surface area (Å²) in [5.41, 5.74) is 0.844. The third-order valence-corrected chi connectivity index (χ3v) is 3.72. The van der Waals surface area contributed by atoms with Crippen molar-refractivity contribution >= 4 is 22.9 Å². The van der Waals surface area contributed by atoms with Crippen LogP contribution in [0.4, 0.5) is 8.78 Å². The second-order valence-corrected chi connectivity index (χ2v) is 5.45. The number of hydrogen-bond acceptors (Lipinski definition) is 5. The number of para-hydroxylation sites is 2. The molecule has 3 aromatic rings. The van der Waals surface area contributed by atoms with Gasteiger partial charge in [-0.2, -0.15) is 0 Å². The molecule has 1 heterocycles. The van der Waals surface area contributed by atoms with Crippen LogP contribution in [0.25, 0.3) is 11.1 Å². The highest BCUT2D eigenvalue weighted by Gasteiger charge is 2.14. The van der Waals surface area contributed by atoms with Crippen LogP contribution in [0.15, 0.2) is 51.7 Å². The van der Waals surface area contributed by atoms with E-state index in [0.29, 0.717) is 11.1 Å². The second-order valence-electron chi connectivity index (χ2n) is 5.45. The molecule has 0 spiro atoms. The molecule has 0 aliphatic carbocycles. The van der Waals surface area contributed by atoms with Gasteiger partial charge in [0.05, 0.1) is 11.9 Å². The molecule has 0 amide bonds. The van der Waals surface area contributed by atoms with Gasteiger partial charge in [-0.1, -0.05) is 12.1 Å². The predicted octanol–water partition coefficient (Wildman–Crippen LogP) is 2.69. The predicted molar refractivity (Wildman–Crippen MR) is 86.7 cm³/mol. The number of ether oxygens (including phenoxy) is 1. The SMILES string of the molecule is O=C(CCn1c(=O)oc2ccccc21)OCC(=O)c1ccc(F)c(F)c1. The molecule has 134 valence electrons. The first-order valence-electron chi connectivity index (χ1n) is 7.68. The Labute approximate surface area is 145 Å². The van der Waals surface area contributed by atoms with Crippen LogP contribution in [0.5, 0.6) is 0 Å². The molecule has 3 rings (SSSR count). The van der Waals surface area contributed by atoms with E-state index in [4.69, 9.17) is 9.15 Å². The number of benzene rings is 2. The summed E-state index contributed by atoms with van der Waals surface area (Å²) in [6.07, 6.45) is -0.158. The van der Waals surface area contributed by atoms with Crippen molar-refractivity contribution < 1.29 is 27.5 Å². The number of nitrogens with zero attached hydrogens (tertiary/aromatic N) is 1. The second kappa shape index (κ2) is 7.30. The number of aromatic nitrogens is 1. The first-order valence-corrected chi connectivity index (χ1v) is 7.68. The standard InChI is InChI=1S/C18H13F2NO5/c19-12-6-5-11(9-13(12)20)15(22)10-25-17(23)7-8-21-14-3-1-2-4-16(14)26-18(21)24/h1-6,9H,7-8,10H2. The largest absolute Gasteiger partial charge is 0.457 e. The van der Waals surface area contributed by atoms with Gasteiger partial charge in [0.15, 0.2) is 29.6 Å². The van der Waals surface area contributed by atoms with E-state index < -0.39 is 35.7 Å². The van der Waals surface area contributed by atoms with Gasteiger partial charge in [-0.25, -0.2) is 13.6 Å². The first kappa shape index (κ1) is 17.5. The Morgan fingerprint density at radius 2 is 1.85 bits per heavy atom. The molecule has 0 saturated carbocycles. The van der Waals surface area contributed by atoms with Crippen molar-refractivity contribution in [2.24, 2.45) is 0 Å². The molecule has 1 aromatic heterocycles. The molecule has 0 fully saturated rings. The zero-order valence-electron chi connectivity index (χ0n) is 13.4. The summed E-state index contributed by atoms with van der Waals surface area (Å²) in [5, 5.41) is 0. The van der Waals surface area contributed by atoms with E-state index in [2.05, 4.69) is 0 Å².